The molecule has 0 saturated heterocycles. The van der Waals surface area contributed by atoms with Crippen molar-refractivity contribution in [2.45, 2.75) is 13.2 Å². The van der Waals surface area contributed by atoms with Gasteiger partial charge in [-0.2, -0.15) is 0 Å². The third kappa shape index (κ3) is 5.87. The minimum absolute atomic E-state index is 0.354. The molecule has 0 aliphatic heterocycles. The molecule has 138 valence electrons. The Morgan fingerprint density at radius 2 is 1.59 bits per heavy atom. The van der Waals surface area contributed by atoms with E-state index in [4.69, 9.17) is 15.2 Å². The number of para-hydroxylation sites is 1. The quantitative estimate of drug-likeness (QED) is 0.478. The number of benzene rings is 3. The molecule has 0 aliphatic carbocycles. The van der Waals surface area contributed by atoms with Crippen LogP contribution < -0.4 is 15.8 Å². The van der Waals surface area contributed by atoms with Crippen LogP contribution >= 0.6 is 0 Å². The Labute approximate surface area is 159 Å². The lowest BCUT2D eigenvalue weighted by Gasteiger charge is -2.09. The highest BCUT2D eigenvalue weighted by molar-refractivity contribution is 5.92. The first kappa shape index (κ1) is 18.5. The van der Waals surface area contributed by atoms with Crippen molar-refractivity contribution < 1.29 is 9.47 Å². The molecule has 3 N–H and O–H groups in total. The van der Waals surface area contributed by atoms with E-state index in [0.29, 0.717) is 19.1 Å². The number of ether oxygens (including phenoxy) is 2. The van der Waals surface area contributed by atoms with Gasteiger partial charge in [-0.1, -0.05) is 48.5 Å². The van der Waals surface area contributed by atoms with E-state index in [1.165, 1.54) is 0 Å². The first-order valence-corrected chi connectivity index (χ1v) is 8.69. The predicted molar refractivity (Wildman–Crippen MR) is 109 cm³/mol. The second-order valence-electron chi connectivity index (χ2n) is 6.02. The fourth-order valence-electron chi connectivity index (χ4n) is 2.53. The van der Waals surface area contributed by atoms with Crippen molar-refractivity contribution in [2.75, 3.05) is 12.4 Å². The topological polar surface area (TPSA) is 68.9 Å². The zero-order chi connectivity index (χ0) is 18.9. The van der Waals surface area contributed by atoms with Gasteiger partial charge in [0.25, 0.3) is 0 Å². The van der Waals surface area contributed by atoms with Crippen LogP contribution in [0.2, 0.25) is 0 Å². The van der Waals surface area contributed by atoms with E-state index in [9.17, 15) is 0 Å². The van der Waals surface area contributed by atoms with Crippen LogP contribution in [0, 0.1) is 0 Å². The molecule has 0 amide bonds. The molecule has 0 aromatic heterocycles. The summed E-state index contributed by atoms with van der Waals surface area (Å²) in [4.78, 5) is 4.39. The Kier molecular flexibility index (Phi) is 6.44. The van der Waals surface area contributed by atoms with Gasteiger partial charge >= 0.3 is 0 Å². The van der Waals surface area contributed by atoms with E-state index < -0.39 is 0 Å². The maximum absolute atomic E-state index is 6.01. The van der Waals surface area contributed by atoms with Crippen molar-refractivity contribution in [2.24, 2.45) is 10.7 Å². The van der Waals surface area contributed by atoms with E-state index in [1.807, 2.05) is 78.9 Å². The first-order chi connectivity index (χ1) is 13.2. The average Bonchev–Trinajstić information content (AvgIpc) is 2.69. The summed E-state index contributed by atoms with van der Waals surface area (Å²) in [5.74, 6) is 1.87. The van der Waals surface area contributed by atoms with E-state index in [0.717, 1.165) is 28.3 Å². The number of hydrogen-bond acceptors (Lipinski definition) is 3. The Bertz CT molecular complexity index is 878. The molecule has 0 saturated carbocycles. The number of guanidine groups is 1. The molecule has 5 nitrogen and oxygen atoms in total. The molecule has 0 spiro atoms. The number of anilines is 1. The fourth-order valence-corrected chi connectivity index (χ4v) is 2.53. The maximum atomic E-state index is 6.01. The van der Waals surface area contributed by atoms with Crippen LogP contribution in [0.1, 0.15) is 11.1 Å². The largest absolute Gasteiger partial charge is 0.457 e. The van der Waals surface area contributed by atoms with Gasteiger partial charge in [0, 0.05) is 18.9 Å². The summed E-state index contributed by atoms with van der Waals surface area (Å²) in [6.07, 6.45) is 0. The Morgan fingerprint density at radius 3 is 2.33 bits per heavy atom. The van der Waals surface area contributed by atoms with E-state index in [2.05, 4.69) is 10.3 Å². The lowest BCUT2D eigenvalue weighted by atomic mass is 10.1. The van der Waals surface area contributed by atoms with Crippen molar-refractivity contribution in [3.05, 3.63) is 90.0 Å². The van der Waals surface area contributed by atoms with Gasteiger partial charge in [-0.05, 0) is 35.4 Å². The molecule has 3 aromatic rings. The minimum atomic E-state index is 0.354. The molecule has 5 heteroatoms. The van der Waals surface area contributed by atoms with E-state index in [-0.39, 0.29) is 0 Å². The number of rotatable bonds is 7. The van der Waals surface area contributed by atoms with Gasteiger partial charge in [-0.3, -0.25) is 0 Å². The first-order valence-electron chi connectivity index (χ1n) is 8.69. The monoisotopic (exact) mass is 361 g/mol. The van der Waals surface area contributed by atoms with E-state index >= 15 is 0 Å². The normalized spacial score (nSPS) is 11.2. The van der Waals surface area contributed by atoms with Crippen molar-refractivity contribution in [3.63, 3.8) is 0 Å². The summed E-state index contributed by atoms with van der Waals surface area (Å²) in [5.41, 5.74) is 9.05. The van der Waals surface area contributed by atoms with Gasteiger partial charge in [0.2, 0.25) is 0 Å². The van der Waals surface area contributed by atoms with Crippen LogP contribution in [0.25, 0.3) is 0 Å². The molecule has 0 fully saturated rings. The summed E-state index contributed by atoms with van der Waals surface area (Å²) < 4.78 is 10.9. The Morgan fingerprint density at radius 1 is 0.889 bits per heavy atom. The van der Waals surface area contributed by atoms with Gasteiger partial charge in [0.05, 0.1) is 13.2 Å². The lowest BCUT2D eigenvalue weighted by molar-refractivity contribution is 0.185. The number of aliphatic imine (C=N–C) groups is 1. The van der Waals surface area contributed by atoms with Crippen LogP contribution in [-0.4, -0.2) is 13.1 Å². The van der Waals surface area contributed by atoms with Crippen LogP contribution in [-0.2, 0) is 17.9 Å². The highest BCUT2D eigenvalue weighted by atomic mass is 16.5. The van der Waals surface area contributed by atoms with Crippen molar-refractivity contribution >= 4 is 11.6 Å². The number of hydrogen-bond donors (Lipinski definition) is 2. The Hall–Kier alpha value is -3.31. The molecule has 0 heterocycles. The third-order valence-electron chi connectivity index (χ3n) is 3.85. The maximum Gasteiger partial charge on any atom is 0.193 e. The van der Waals surface area contributed by atoms with Crippen LogP contribution in [0.4, 0.5) is 5.69 Å². The van der Waals surface area contributed by atoms with Crippen LogP contribution in [0.15, 0.2) is 83.9 Å². The second-order valence-corrected chi connectivity index (χ2v) is 6.02. The number of nitrogens with zero attached hydrogens (tertiary/aromatic N) is 1. The summed E-state index contributed by atoms with van der Waals surface area (Å²) in [6.45, 7) is 1.11. The highest BCUT2D eigenvalue weighted by Crippen LogP contribution is 2.23. The summed E-state index contributed by atoms with van der Waals surface area (Å²) >= 11 is 0. The molecule has 0 bridgehead atoms. The molecular weight excluding hydrogens is 338 g/mol. The molecule has 0 aliphatic rings. The third-order valence-corrected chi connectivity index (χ3v) is 3.85. The molecule has 3 aromatic carbocycles. The lowest BCUT2D eigenvalue weighted by Crippen LogP contribution is -2.22. The molecule has 27 heavy (non-hydrogen) atoms. The van der Waals surface area contributed by atoms with Crippen molar-refractivity contribution in [1.29, 1.82) is 0 Å². The summed E-state index contributed by atoms with van der Waals surface area (Å²) in [6, 6.07) is 25.4. The molecular formula is C22H23N3O2. The average molecular weight is 361 g/mol. The van der Waals surface area contributed by atoms with Gasteiger partial charge < -0.3 is 20.5 Å². The number of nitrogens with two attached hydrogens (primary N) is 1. The van der Waals surface area contributed by atoms with E-state index in [1.54, 1.807) is 7.11 Å². The Balaban J connectivity index is 1.59. The summed E-state index contributed by atoms with van der Waals surface area (Å²) in [5, 5.41) is 3.10. The summed E-state index contributed by atoms with van der Waals surface area (Å²) in [7, 11) is 1.68. The SMILES string of the molecule is COCc1ccc(CN=C(N)Nc2cccc(Oc3ccccc3)c2)cc1. The number of methoxy groups -OCH3 is 1. The second kappa shape index (κ2) is 9.40. The predicted octanol–water partition coefficient (Wildman–Crippen LogP) is 4.55. The zero-order valence-corrected chi connectivity index (χ0v) is 15.3. The molecule has 3 rings (SSSR count). The smallest absolute Gasteiger partial charge is 0.193 e. The van der Waals surface area contributed by atoms with Gasteiger partial charge in [0.15, 0.2) is 5.96 Å². The van der Waals surface area contributed by atoms with Crippen molar-refractivity contribution in [3.8, 4) is 11.5 Å². The van der Waals surface area contributed by atoms with Crippen molar-refractivity contribution in [1.82, 2.24) is 0 Å². The molecule has 0 radical (unpaired) electrons. The fraction of sp³-hybridized carbons (Fsp3) is 0.136. The van der Waals surface area contributed by atoms with Crippen LogP contribution in [0.3, 0.4) is 0 Å². The standard InChI is InChI=1S/C22H23N3O2/c1-26-16-18-12-10-17(11-13-18)15-24-22(23)25-19-6-5-9-21(14-19)27-20-7-3-2-4-8-20/h2-14H,15-16H2,1H3,(H3,23,24,25). The van der Waals surface area contributed by atoms with Gasteiger partial charge in [0.1, 0.15) is 11.5 Å². The minimum Gasteiger partial charge on any atom is -0.457 e. The zero-order valence-electron chi connectivity index (χ0n) is 15.3. The van der Waals surface area contributed by atoms with Gasteiger partial charge in [-0.25, -0.2) is 4.99 Å². The van der Waals surface area contributed by atoms with Crippen LogP contribution in [0.5, 0.6) is 11.5 Å². The molecule has 0 unspecified atom stereocenters. The number of nitrogens with one attached hydrogen (secondary N) is 1. The molecule has 0 atom stereocenters. The van der Waals surface area contributed by atoms with Gasteiger partial charge in [-0.15, -0.1) is 0 Å². The highest BCUT2D eigenvalue weighted by Gasteiger charge is 2.01.